The second kappa shape index (κ2) is 8.99. The third-order valence-corrected chi connectivity index (χ3v) is 7.56. The summed E-state index contributed by atoms with van der Waals surface area (Å²) >= 11 is 3.49. The molecule has 2 heterocycles. The molecule has 36 heavy (non-hydrogen) atoms. The number of nitro groups is 2. The van der Waals surface area contributed by atoms with E-state index >= 15 is 0 Å². The Bertz CT molecular complexity index is 1400. The van der Waals surface area contributed by atoms with Gasteiger partial charge in [0.2, 0.25) is 0 Å². The van der Waals surface area contributed by atoms with Gasteiger partial charge in [-0.05, 0) is 52.3 Å². The van der Waals surface area contributed by atoms with Gasteiger partial charge in [-0.25, -0.2) is 0 Å². The molecule has 0 saturated carbocycles. The lowest BCUT2D eigenvalue weighted by Gasteiger charge is -2.30. The summed E-state index contributed by atoms with van der Waals surface area (Å²) in [6.45, 7) is 0.428. The summed E-state index contributed by atoms with van der Waals surface area (Å²) in [6.07, 6.45) is 0. The number of hydrogen-bond donors (Lipinski definition) is 1. The minimum atomic E-state index is -1.41. The average Bonchev–Trinajstić information content (AvgIpc) is 3.33. The lowest BCUT2D eigenvalue weighted by Crippen LogP contribution is -2.54. The smallest absolute Gasteiger partial charge is 0.269 e. The molecule has 0 aliphatic carbocycles. The van der Waals surface area contributed by atoms with Crippen molar-refractivity contribution in [1.82, 2.24) is 4.90 Å². The van der Waals surface area contributed by atoms with Gasteiger partial charge in [0.15, 0.2) is 5.54 Å². The van der Waals surface area contributed by atoms with Gasteiger partial charge in [-0.1, -0.05) is 36.4 Å². The van der Waals surface area contributed by atoms with E-state index in [4.69, 9.17) is 4.74 Å². The molecule has 0 unspecified atom stereocenters. The van der Waals surface area contributed by atoms with Crippen molar-refractivity contribution in [2.45, 2.75) is 24.1 Å². The van der Waals surface area contributed by atoms with Crippen molar-refractivity contribution in [1.29, 1.82) is 0 Å². The molecule has 0 bridgehead atoms. The van der Waals surface area contributed by atoms with Gasteiger partial charge in [-0.15, -0.1) is 0 Å². The van der Waals surface area contributed by atoms with Gasteiger partial charge in [0.1, 0.15) is 12.4 Å². The number of carbonyl (C=O) groups is 1. The Balaban J connectivity index is 1.44. The summed E-state index contributed by atoms with van der Waals surface area (Å²) in [6, 6.07) is 17.3. The van der Waals surface area contributed by atoms with Crippen LogP contribution in [0.15, 0.2) is 71.2 Å². The van der Waals surface area contributed by atoms with E-state index in [2.05, 4.69) is 21.2 Å². The van der Waals surface area contributed by atoms with E-state index in [0.29, 0.717) is 39.1 Å². The summed E-state index contributed by atoms with van der Waals surface area (Å²) < 4.78 is 6.44. The molecule has 2 aliphatic heterocycles. The first-order chi connectivity index (χ1) is 17.2. The molecule has 10 nitrogen and oxygen atoms in total. The number of halogens is 1. The number of hydrogen-bond acceptors (Lipinski definition) is 7. The Morgan fingerprint density at radius 1 is 1.11 bits per heavy atom. The molecular formula is C25H21BrN4O6. The van der Waals surface area contributed by atoms with Crippen molar-refractivity contribution in [2.75, 3.05) is 18.9 Å². The van der Waals surface area contributed by atoms with Crippen molar-refractivity contribution in [3.8, 4) is 5.75 Å². The quantitative estimate of drug-likeness (QED) is 0.353. The van der Waals surface area contributed by atoms with Crippen molar-refractivity contribution < 1.29 is 19.4 Å². The van der Waals surface area contributed by atoms with Gasteiger partial charge in [0, 0.05) is 34.9 Å². The maximum absolute atomic E-state index is 13.2. The van der Waals surface area contributed by atoms with E-state index in [1.807, 2.05) is 0 Å². The molecule has 1 N–H and O–H groups in total. The predicted molar refractivity (Wildman–Crippen MR) is 134 cm³/mol. The molecule has 3 atom stereocenters. The number of likely N-dealkylation sites (tertiary alicyclic amines) is 1. The van der Waals surface area contributed by atoms with E-state index in [1.165, 1.54) is 12.1 Å². The molecule has 1 spiro atoms. The van der Waals surface area contributed by atoms with Crippen LogP contribution in [0.2, 0.25) is 0 Å². The number of benzene rings is 3. The third-order valence-electron chi connectivity index (χ3n) is 6.94. The summed E-state index contributed by atoms with van der Waals surface area (Å²) in [4.78, 5) is 37.6. The van der Waals surface area contributed by atoms with Crippen LogP contribution >= 0.6 is 15.9 Å². The normalized spacial score (nSPS) is 22.9. The van der Waals surface area contributed by atoms with E-state index in [-0.39, 0.29) is 17.2 Å². The molecule has 3 aromatic carbocycles. The molecule has 5 rings (SSSR count). The highest BCUT2D eigenvalue weighted by molar-refractivity contribution is 9.10. The van der Waals surface area contributed by atoms with Gasteiger partial charge in [-0.2, -0.15) is 0 Å². The Hall–Kier alpha value is -3.83. The maximum atomic E-state index is 13.2. The number of para-hydroxylation sites is 1. The number of anilines is 1. The molecule has 3 aromatic rings. The monoisotopic (exact) mass is 552 g/mol. The first kappa shape index (κ1) is 23.9. The lowest BCUT2D eigenvalue weighted by atomic mass is 9.79. The number of fused-ring (bicyclic) bond motifs is 2. The number of non-ortho nitro benzene ring substituents is 1. The average molecular weight is 553 g/mol. The fraction of sp³-hybridized carbons (Fsp3) is 0.240. The Morgan fingerprint density at radius 2 is 1.89 bits per heavy atom. The second-order valence-electron chi connectivity index (χ2n) is 8.89. The number of likely N-dealkylation sites (N-methyl/N-ethyl adjacent to an activating group) is 1. The van der Waals surface area contributed by atoms with E-state index < -0.39 is 28.3 Å². The number of carbonyl (C=O) groups excluding carboxylic acids is 1. The zero-order valence-corrected chi connectivity index (χ0v) is 20.7. The SMILES string of the molecule is CN1C[C@H](c2ccc(OCc3cccc([N+](=O)[O-])c3)c(Br)c2)[C@@H]([N+](=O)[O-])[C@]12C(=O)Nc1ccccc12. The van der Waals surface area contributed by atoms with Gasteiger partial charge in [0.05, 0.1) is 15.3 Å². The van der Waals surface area contributed by atoms with Crippen LogP contribution in [0.5, 0.6) is 5.75 Å². The minimum Gasteiger partial charge on any atom is -0.488 e. The molecule has 11 heteroatoms. The highest BCUT2D eigenvalue weighted by atomic mass is 79.9. The molecule has 1 saturated heterocycles. The number of rotatable bonds is 6. The van der Waals surface area contributed by atoms with Crippen LogP contribution in [0.4, 0.5) is 11.4 Å². The Morgan fingerprint density at radius 3 is 2.61 bits per heavy atom. The van der Waals surface area contributed by atoms with Crippen LogP contribution in [0, 0.1) is 20.2 Å². The fourth-order valence-corrected chi connectivity index (χ4v) is 5.88. The van der Waals surface area contributed by atoms with Crippen LogP contribution in [0.25, 0.3) is 0 Å². The van der Waals surface area contributed by atoms with Gasteiger partial charge >= 0.3 is 0 Å². The number of nitro benzene ring substituents is 1. The highest BCUT2D eigenvalue weighted by Crippen LogP contribution is 2.52. The van der Waals surface area contributed by atoms with E-state index in [1.54, 1.807) is 66.5 Å². The zero-order valence-electron chi connectivity index (χ0n) is 19.1. The highest BCUT2D eigenvalue weighted by Gasteiger charge is 2.68. The zero-order chi connectivity index (χ0) is 25.6. The standard InChI is InChI=1S/C25H21BrN4O6/c1-28-13-18(23(30(34)35)25(28)19-7-2-3-8-21(19)27-24(25)31)16-9-10-22(20(26)12-16)36-14-15-5-4-6-17(11-15)29(32)33/h2-12,18,23H,13-14H2,1H3,(H,27,31)/t18-,23-,25-/m1/s1. The molecule has 0 radical (unpaired) electrons. The largest absolute Gasteiger partial charge is 0.488 e. The Kier molecular flexibility index (Phi) is 5.97. The van der Waals surface area contributed by atoms with E-state index in [9.17, 15) is 25.0 Å². The van der Waals surface area contributed by atoms with Gasteiger partial charge in [-0.3, -0.25) is 29.9 Å². The van der Waals surface area contributed by atoms with Crippen LogP contribution in [-0.2, 0) is 16.9 Å². The maximum Gasteiger partial charge on any atom is 0.269 e. The van der Waals surface area contributed by atoms with Gasteiger partial charge in [0.25, 0.3) is 17.6 Å². The van der Waals surface area contributed by atoms with Gasteiger partial charge < -0.3 is 10.1 Å². The lowest BCUT2D eigenvalue weighted by molar-refractivity contribution is -0.534. The summed E-state index contributed by atoms with van der Waals surface area (Å²) in [5.41, 5.74) is 1.11. The van der Waals surface area contributed by atoms with Crippen molar-refractivity contribution in [2.24, 2.45) is 0 Å². The van der Waals surface area contributed by atoms with Crippen molar-refractivity contribution in [3.05, 3.63) is 108 Å². The second-order valence-corrected chi connectivity index (χ2v) is 9.74. The summed E-state index contributed by atoms with van der Waals surface area (Å²) in [7, 11) is 1.74. The minimum absolute atomic E-state index is 0.0202. The number of nitrogens with one attached hydrogen (secondary N) is 1. The van der Waals surface area contributed by atoms with Crippen LogP contribution < -0.4 is 10.1 Å². The molecule has 184 valence electrons. The van der Waals surface area contributed by atoms with Crippen LogP contribution in [-0.4, -0.2) is 40.3 Å². The summed E-state index contributed by atoms with van der Waals surface area (Å²) in [5, 5.41) is 26.3. The topological polar surface area (TPSA) is 128 Å². The molecule has 0 aromatic heterocycles. The van der Waals surface area contributed by atoms with Crippen LogP contribution in [0.3, 0.4) is 0 Å². The summed E-state index contributed by atoms with van der Waals surface area (Å²) in [5.74, 6) is -0.455. The molecule has 1 fully saturated rings. The molecule has 2 aliphatic rings. The third kappa shape index (κ3) is 3.71. The molecule has 1 amide bonds. The first-order valence-electron chi connectivity index (χ1n) is 11.1. The van der Waals surface area contributed by atoms with Crippen molar-refractivity contribution in [3.63, 3.8) is 0 Å². The van der Waals surface area contributed by atoms with Crippen LogP contribution in [0.1, 0.15) is 22.6 Å². The first-order valence-corrected chi connectivity index (χ1v) is 11.9. The molecular weight excluding hydrogens is 532 g/mol. The Labute approximate surface area is 214 Å². The number of nitrogens with zero attached hydrogens (tertiary/aromatic N) is 3. The number of ether oxygens (including phenoxy) is 1. The predicted octanol–water partition coefficient (Wildman–Crippen LogP) is 4.46. The number of amides is 1. The van der Waals surface area contributed by atoms with E-state index in [0.717, 1.165) is 0 Å². The van der Waals surface area contributed by atoms with Crippen molar-refractivity contribution >= 4 is 33.2 Å². The fourth-order valence-electron chi connectivity index (χ4n) is 5.37.